The molecule has 2 heterocycles. The molecule has 1 aromatic carbocycles. The van der Waals surface area contributed by atoms with Crippen LogP contribution in [-0.2, 0) is 20.9 Å². The summed E-state index contributed by atoms with van der Waals surface area (Å²) in [5, 5.41) is 0.354. The molecule has 3 rings (SSSR count). The van der Waals surface area contributed by atoms with Crippen LogP contribution in [0.2, 0.25) is 5.15 Å². The Kier molecular flexibility index (Phi) is 4.66. The van der Waals surface area contributed by atoms with Gasteiger partial charge < -0.3 is 9.47 Å². The zero-order valence-corrected chi connectivity index (χ0v) is 13.7. The summed E-state index contributed by atoms with van der Waals surface area (Å²) in [6.45, 7) is 0.234. The fraction of sp³-hybridized carbons (Fsp3) is 0.235. The van der Waals surface area contributed by atoms with Gasteiger partial charge in [-0.2, -0.15) is 0 Å². The molecule has 6 nitrogen and oxygen atoms in total. The summed E-state index contributed by atoms with van der Waals surface area (Å²) in [4.78, 5) is 30.1. The van der Waals surface area contributed by atoms with Gasteiger partial charge in [-0.3, -0.25) is 14.5 Å². The maximum atomic E-state index is 12.8. The molecule has 124 valence electrons. The Morgan fingerprint density at radius 2 is 2.08 bits per heavy atom. The highest BCUT2D eigenvalue weighted by Crippen LogP contribution is 2.35. The lowest BCUT2D eigenvalue weighted by Crippen LogP contribution is -2.46. The maximum absolute atomic E-state index is 12.8. The van der Waals surface area contributed by atoms with E-state index >= 15 is 0 Å². The third-order valence-electron chi connectivity index (χ3n) is 3.64. The quantitative estimate of drug-likeness (QED) is 0.628. The molecule has 2 aromatic rings. The lowest BCUT2D eigenvalue weighted by Gasteiger charge is -2.33. The number of para-hydroxylation sites is 2. The predicted octanol–water partition coefficient (Wildman–Crippen LogP) is 2.59. The molecule has 0 fully saturated rings. The number of hydrogen-bond acceptors (Lipinski definition) is 5. The van der Waals surface area contributed by atoms with Crippen molar-refractivity contribution in [3.05, 3.63) is 53.3 Å². The summed E-state index contributed by atoms with van der Waals surface area (Å²) in [5.74, 6) is -0.289. The van der Waals surface area contributed by atoms with Crippen LogP contribution in [0.15, 0.2) is 42.5 Å². The lowest BCUT2D eigenvalue weighted by molar-refractivity contribution is -0.145. The van der Waals surface area contributed by atoms with E-state index in [0.29, 0.717) is 22.3 Å². The van der Waals surface area contributed by atoms with Crippen LogP contribution >= 0.6 is 11.6 Å². The number of benzene rings is 1. The average Bonchev–Trinajstić information content (AvgIpc) is 2.58. The van der Waals surface area contributed by atoms with E-state index in [1.54, 1.807) is 41.3 Å². The number of halogens is 1. The Labute approximate surface area is 144 Å². The van der Waals surface area contributed by atoms with E-state index in [4.69, 9.17) is 16.3 Å². The molecule has 24 heavy (non-hydrogen) atoms. The van der Waals surface area contributed by atoms with Crippen molar-refractivity contribution in [1.29, 1.82) is 0 Å². The fourth-order valence-electron chi connectivity index (χ4n) is 2.50. The lowest BCUT2D eigenvalue weighted by atomic mass is 10.1. The molecule has 0 N–H and O–H groups in total. The molecular weight excluding hydrogens is 332 g/mol. The smallest absolute Gasteiger partial charge is 0.309 e. The van der Waals surface area contributed by atoms with Gasteiger partial charge in [0.15, 0.2) is 6.10 Å². The second-order valence-electron chi connectivity index (χ2n) is 5.23. The number of amides is 1. The number of ether oxygens (including phenoxy) is 2. The molecule has 1 atom stereocenters. The number of methoxy groups -OCH3 is 1. The van der Waals surface area contributed by atoms with Crippen molar-refractivity contribution < 1.29 is 19.1 Å². The second-order valence-corrected chi connectivity index (χ2v) is 5.62. The van der Waals surface area contributed by atoms with Crippen molar-refractivity contribution >= 4 is 29.2 Å². The number of anilines is 1. The summed E-state index contributed by atoms with van der Waals surface area (Å²) in [5.41, 5.74) is 1.27. The number of pyridine rings is 1. The first-order valence-corrected chi connectivity index (χ1v) is 7.71. The van der Waals surface area contributed by atoms with Gasteiger partial charge in [-0.1, -0.05) is 29.8 Å². The number of esters is 1. The molecule has 0 radical (unpaired) electrons. The van der Waals surface area contributed by atoms with Gasteiger partial charge in [0.25, 0.3) is 5.91 Å². The van der Waals surface area contributed by atoms with Crippen LogP contribution in [-0.4, -0.2) is 30.1 Å². The van der Waals surface area contributed by atoms with Crippen LogP contribution in [0.3, 0.4) is 0 Å². The molecule has 0 spiro atoms. The molecule has 1 unspecified atom stereocenters. The minimum Gasteiger partial charge on any atom is -0.478 e. The topological polar surface area (TPSA) is 68.7 Å². The van der Waals surface area contributed by atoms with Crippen molar-refractivity contribution in [3.63, 3.8) is 0 Å². The number of aromatic nitrogens is 1. The van der Waals surface area contributed by atoms with E-state index in [2.05, 4.69) is 9.72 Å². The van der Waals surface area contributed by atoms with E-state index in [1.165, 1.54) is 7.11 Å². The first kappa shape index (κ1) is 16.3. The van der Waals surface area contributed by atoms with Crippen LogP contribution in [0.4, 0.5) is 5.69 Å². The van der Waals surface area contributed by atoms with Crippen molar-refractivity contribution in [2.24, 2.45) is 0 Å². The molecule has 1 aliphatic rings. The zero-order chi connectivity index (χ0) is 17.1. The summed E-state index contributed by atoms with van der Waals surface area (Å²) < 4.78 is 10.3. The van der Waals surface area contributed by atoms with Gasteiger partial charge >= 0.3 is 5.97 Å². The number of hydrogen-bond donors (Lipinski definition) is 0. The molecule has 1 aromatic heterocycles. The third kappa shape index (κ3) is 3.33. The summed E-state index contributed by atoms with van der Waals surface area (Å²) in [6.07, 6.45) is -1.07. The normalized spacial score (nSPS) is 16.3. The zero-order valence-electron chi connectivity index (χ0n) is 12.9. The van der Waals surface area contributed by atoms with Crippen LogP contribution in [0, 0.1) is 0 Å². The Morgan fingerprint density at radius 3 is 2.83 bits per heavy atom. The van der Waals surface area contributed by atoms with E-state index in [1.807, 2.05) is 6.07 Å². The number of fused-ring (bicyclic) bond motifs is 1. The van der Waals surface area contributed by atoms with Crippen molar-refractivity contribution in [2.45, 2.75) is 19.1 Å². The van der Waals surface area contributed by atoms with E-state index in [0.717, 1.165) is 0 Å². The van der Waals surface area contributed by atoms with Crippen LogP contribution < -0.4 is 9.64 Å². The Hall–Kier alpha value is -2.60. The van der Waals surface area contributed by atoms with Gasteiger partial charge in [0, 0.05) is 0 Å². The van der Waals surface area contributed by atoms with E-state index in [9.17, 15) is 9.59 Å². The van der Waals surface area contributed by atoms with Crippen molar-refractivity contribution in [3.8, 4) is 5.75 Å². The average molecular weight is 347 g/mol. The predicted molar refractivity (Wildman–Crippen MR) is 87.9 cm³/mol. The standard InChI is InChI=1S/C17H15ClN2O4/c1-23-16(21)9-14-17(22)20(10-11-5-4-8-15(18)19-11)12-6-2-3-7-13(12)24-14/h2-8,14H,9-10H2,1H3. The molecule has 0 saturated carbocycles. The molecule has 0 aliphatic carbocycles. The van der Waals surface area contributed by atoms with Gasteiger partial charge in [0.05, 0.1) is 31.5 Å². The molecule has 1 amide bonds. The minimum atomic E-state index is -0.925. The van der Waals surface area contributed by atoms with E-state index < -0.39 is 12.1 Å². The molecule has 0 saturated heterocycles. The van der Waals surface area contributed by atoms with Crippen molar-refractivity contribution in [1.82, 2.24) is 4.98 Å². The number of carbonyl (C=O) groups is 2. The van der Waals surface area contributed by atoms with Gasteiger partial charge in [-0.15, -0.1) is 0 Å². The molecule has 7 heteroatoms. The van der Waals surface area contributed by atoms with Gasteiger partial charge in [-0.05, 0) is 24.3 Å². The van der Waals surface area contributed by atoms with Gasteiger partial charge in [-0.25, -0.2) is 4.98 Å². The highest BCUT2D eigenvalue weighted by atomic mass is 35.5. The highest BCUT2D eigenvalue weighted by Gasteiger charge is 2.36. The first-order valence-electron chi connectivity index (χ1n) is 7.34. The number of rotatable bonds is 4. The van der Waals surface area contributed by atoms with Crippen LogP contribution in [0.25, 0.3) is 0 Å². The molecule has 1 aliphatic heterocycles. The summed E-state index contributed by atoms with van der Waals surface area (Å²) in [7, 11) is 1.28. The van der Waals surface area contributed by atoms with Gasteiger partial charge in [0.1, 0.15) is 10.9 Å². The van der Waals surface area contributed by atoms with Gasteiger partial charge in [0.2, 0.25) is 0 Å². The SMILES string of the molecule is COC(=O)CC1Oc2ccccc2N(Cc2cccc(Cl)n2)C1=O. The molecule has 0 bridgehead atoms. The summed E-state index contributed by atoms with van der Waals surface area (Å²) in [6, 6.07) is 12.4. The number of nitrogens with zero attached hydrogens (tertiary/aromatic N) is 2. The fourth-order valence-corrected chi connectivity index (χ4v) is 2.68. The first-order chi connectivity index (χ1) is 11.6. The maximum Gasteiger partial charge on any atom is 0.309 e. The van der Waals surface area contributed by atoms with Crippen molar-refractivity contribution in [2.75, 3.05) is 12.0 Å². The number of carbonyl (C=O) groups excluding carboxylic acids is 2. The second kappa shape index (κ2) is 6.88. The van der Waals surface area contributed by atoms with E-state index in [-0.39, 0.29) is 18.9 Å². The largest absolute Gasteiger partial charge is 0.478 e. The third-order valence-corrected chi connectivity index (χ3v) is 3.85. The Balaban J connectivity index is 1.92. The minimum absolute atomic E-state index is 0.150. The highest BCUT2D eigenvalue weighted by molar-refractivity contribution is 6.29. The van der Waals surface area contributed by atoms with Crippen LogP contribution in [0.1, 0.15) is 12.1 Å². The molecular formula is C17H15ClN2O4. The summed E-state index contributed by atoms with van der Waals surface area (Å²) >= 11 is 5.92. The Bertz CT molecular complexity index is 781. The van der Waals surface area contributed by atoms with Crippen LogP contribution in [0.5, 0.6) is 5.75 Å². The monoisotopic (exact) mass is 346 g/mol. The Morgan fingerprint density at radius 1 is 1.29 bits per heavy atom.